The number of carbonyl (C=O) groups excluding carboxylic acids is 1. The largest absolute Gasteiger partial charge is 0.458 e. The van der Waals surface area contributed by atoms with Crippen LogP contribution in [0.15, 0.2) is 29.1 Å². The topological polar surface area (TPSA) is 87.9 Å². The molecule has 1 atom stereocenters. The monoisotopic (exact) mass is 542 g/mol. The summed E-state index contributed by atoms with van der Waals surface area (Å²) in [6, 6.07) is 9.10. The van der Waals surface area contributed by atoms with E-state index in [1.165, 1.54) is 56.4 Å². The number of esters is 1. The van der Waals surface area contributed by atoms with E-state index in [0.717, 1.165) is 41.7 Å². The molecule has 40 heavy (non-hydrogen) atoms. The number of hydrogen-bond donors (Lipinski definition) is 1. The van der Waals surface area contributed by atoms with Crippen LogP contribution in [0.5, 0.6) is 0 Å². The smallest absolute Gasteiger partial charge is 0.343 e. The van der Waals surface area contributed by atoms with Crippen LogP contribution in [0.2, 0.25) is 0 Å². The van der Waals surface area contributed by atoms with Crippen LogP contribution in [0.3, 0.4) is 0 Å². The average Bonchev–Trinajstić information content (AvgIpc) is 3.37. The first-order valence-corrected chi connectivity index (χ1v) is 15.0. The number of carbonyl (C=O) groups is 1. The van der Waals surface area contributed by atoms with Crippen molar-refractivity contribution >= 4 is 22.6 Å². The van der Waals surface area contributed by atoms with Gasteiger partial charge in [-0.05, 0) is 81.4 Å². The molecule has 0 bridgehead atoms. The van der Waals surface area contributed by atoms with E-state index in [1.54, 1.807) is 17.6 Å². The fraction of sp³-hybridized carbons (Fsp3) is 0.531. The Labute approximate surface area is 234 Å². The number of hydrogen-bond acceptors (Lipinski definition) is 7. The van der Waals surface area contributed by atoms with Crippen LogP contribution in [-0.2, 0) is 34.7 Å². The average molecular weight is 543 g/mol. The standard InChI is InChI=1S/C32H38N4O4/c1-3-22-23-16-21(35-14-10-20(11-15-35)34-12-6-5-7-13-34)8-9-27(23)33-29-24(22)18-36-28(29)17-26-25(30(36)37)19-40-31(38)32(26,39)4-2/h8-9,16-17,20,39H,3-7,10-15,18-19H2,1-2H3/t32-/m0/s1. The normalized spacial score (nSPS) is 23.2. The van der Waals surface area contributed by atoms with Crippen LogP contribution in [0.1, 0.15) is 74.6 Å². The van der Waals surface area contributed by atoms with Crippen molar-refractivity contribution in [3.63, 3.8) is 0 Å². The summed E-state index contributed by atoms with van der Waals surface area (Å²) in [6.07, 6.45) is 7.43. The predicted molar refractivity (Wildman–Crippen MR) is 155 cm³/mol. The molecule has 1 N–H and O–H groups in total. The maximum atomic E-state index is 13.6. The number of aromatic nitrogens is 2. The summed E-state index contributed by atoms with van der Waals surface area (Å²) in [5.41, 5.74) is 4.56. The third kappa shape index (κ3) is 3.83. The summed E-state index contributed by atoms with van der Waals surface area (Å²) in [4.78, 5) is 36.4. The molecule has 8 nitrogen and oxygen atoms in total. The van der Waals surface area contributed by atoms with Gasteiger partial charge in [-0.2, -0.15) is 0 Å². The molecule has 0 saturated carbocycles. The van der Waals surface area contributed by atoms with Crippen molar-refractivity contribution < 1.29 is 14.6 Å². The van der Waals surface area contributed by atoms with Crippen LogP contribution in [0.25, 0.3) is 22.3 Å². The Kier molecular flexibility index (Phi) is 6.24. The first-order chi connectivity index (χ1) is 19.4. The van der Waals surface area contributed by atoms with Gasteiger partial charge in [-0.1, -0.05) is 20.3 Å². The van der Waals surface area contributed by atoms with Gasteiger partial charge in [-0.3, -0.25) is 4.79 Å². The third-order valence-electron chi connectivity index (χ3n) is 9.88. The highest BCUT2D eigenvalue weighted by molar-refractivity contribution is 5.91. The maximum Gasteiger partial charge on any atom is 0.343 e. The van der Waals surface area contributed by atoms with Crippen LogP contribution in [-0.4, -0.2) is 57.7 Å². The molecule has 0 unspecified atom stereocenters. The van der Waals surface area contributed by atoms with Gasteiger partial charge >= 0.3 is 5.97 Å². The molecule has 0 radical (unpaired) electrons. The summed E-state index contributed by atoms with van der Waals surface area (Å²) in [7, 11) is 0. The molecule has 2 saturated heterocycles. The van der Waals surface area contributed by atoms with Crippen molar-refractivity contribution in [2.75, 3.05) is 31.1 Å². The second-order valence-electron chi connectivity index (χ2n) is 11.9. The lowest BCUT2D eigenvalue weighted by molar-refractivity contribution is -0.172. The van der Waals surface area contributed by atoms with Gasteiger partial charge in [0.25, 0.3) is 5.56 Å². The lowest BCUT2D eigenvalue weighted by Crippen LogP contribution is -2.46. The Morgan fingerprint density at radius 3 is 2.52 bits per heavy atom. The maximum absolute atomic E-state index is 13.6. The number of piperidine rings is 2. The molecule has 1 aromatic carbocycles. The highest BCUT2D eigenvalue weighted by Gasteiger charge is 2.45. The molecule has 0 aliphatic carbocycles. The number of aliphatic hydroxyl groups is 1. The van der Waals surface area contributed by atoms with Gasteiger partial charge < -0.3 is 24.2 Å². The fourth-order valence-electron chi connectivity index (χ4n) is 7.52. The Morgan fingerprint density at radius 2 is 1.80 bits per heavy atom. The number of nitrogens with zero attached hydrogens (tertiary/aromatic N) is 4. The Morgan fingerprint density at radius 1 is 1.02 bits per heavy atom. The number of fused-ring (bicyclic) bond motifs is 5. The van der Waals surface area contributed by atoms with E-state index in [2.05, 4.69) is 34.9 Å². The number of anilines is 1. The number of likely N-dealkylation sites (tertiary alicyclic amines) is 1. The zero-order chi connectivity index (χ0) is 27.6. The first-order valence-electron chi connectivity index (χ1n) is 15.0. The van der Waals surface area contributed by atoms with E-state index in [9.17, 15) is 14.7 Å². The van der Waals surface area contributed by atoms with Crippen molar-refractivity contribution in [2.45, 2.75) is 83.6 Å². The van der Waals surface area contributed by atoms with Gasteiger partial charge in [0.15, 0.2) is 5.60 Å². The van der Waals surface area contributed by atoms with Crippen LogP contribution < -0.4 is 10.5 Å². The molecule has 2 fully saturated rings. The minimum atomic E-state index is -1.81. The lowest BCUT2D eigenvalue weighted by Gasteiger charge is -2.41. The highest BCUT2D eigenvalue weighted by atomic mass is 16.6. The lowest BCUT2D eigenvalue weighted by atomic mass is 9.86. The van der Waals surface area contributed by atoms with Crippen LogP contribution >= 0.6 is 0 Å². The second-order valence-corrected chi connectivity index (χ2v) is 11.9. The molecule has 4 aliphatic heterocycles. The molecular weight excluding hydrogens is 504 g/mol. The molecule has 0 amide bonds. The van der Waals surface area contributed by atoms with Crippen LogP contribution in [0, 0.1) is 0 Å². The number of aryl methyl sites for hydroxylation is 1. The van der Waals surface area contributed by atoms with E-state index >= 15 is 0 Å². The fourth-order valence-corrected chi connectivity index (χ4v) is 7.52. The Balaban J connectivity index is 1.25. The number of pyridine rings is 2. The predicted octanol–water partition coefficient (Wildman–Crippen LogP) is 4.10. The van der Waals surface area contributed by atoms with Crippen molar-refractivity contribution in [3.8, 4) is 11.4 Å². The summed E-state index contributed by atoms with van der Waals surface area (Å²) in [6.45, 7) is 8.86. The zero-order valence-corrected chi connectivity index (χ0v) is 23.5. The van der Waals surface area contributed by atoms with E-state index in [-0.39, 0.29) is 18.6 Å². The van der Waals surface area contributed by atoms with E-state index < -0.39 is 11.6 Å². The molecule has 0 spiro atoms. The third-order valence-corrected chi connectivity index (χ3v) is 9.88. The van der Waals surface area contributed by atoms with E-state index in [0.29, 0.717) is 29.4 Å². The summed E-state index contributed by atoms with van der Waals surface area (Å²) in [5, 5.41) is 12.3. The summed E-state index contributed by atoms with van der Waals surface area (Å²) >= 11 is 0. The number of benzene rings is 1. The molecule has 3 aromatic rings. The van der Waals surface area contributed by atoms with Gasteiger partial charge in [0.1, 0.15) is 6.61 Å². The molecular formula is C32H38N4O4. The Hall–Kier alpha value is -3.23. The van der Waals surface area contributed by atoms with Crippen molar-refractivity contribution in [1.29, 1.82) is 0 Å². The molecule has 6 heterocycles. The van der Waals surface area contributed by atoms with Gasteiger partial charge in [-0.25, -0.2) is 9.78 Å². The van der Waals surface area contributed by atoms with Crippen molar-refractivity contribution in [2.24, 2.45) is 0 Å². The van der Waals surface area contributed by atoms with E-state index in [4.69, 9.17) is 9.72 Å². The molecule has 2 aromatic heterocycles. The first kappa shape index (κ1) is 25.7. The van der Waals surface area contributed by atoms with Gasteiger partial charge in [0.2, 0.25) is 0 Å². The minimum absolute atomic E-state index is 0.111. The minimum Gasteiger partial charge on any atom is -0.458 e. The van der Waals surface area contributed by atoms with Crippen LogP contribution in [0.4, 0.5) is 5.69 Å². The summed E-state index contributed by atoms with van der Waals surface area (Å²) in [5.74, 6) is -0.696. The number of rotatable bonds is 4. The van der Waals surface area contributed by atoms with Gasteiger partial charge in [-0.15, -0.1) is 0 Å². The van der Waals surface area contributed by atoms with E-state index in [1.807, 2.05) is 0 Å². The number of ether oxygens (including phenoxy) is 1. The molecule has 7 rings (SSSR count). The van der Waals surface area contributed by atoms with Gasteiger partial charge in [0, 0.05) is 41.3 Å². The second kappa shape index (κ2) is 9.70. The van der Waals surface area contributed by atoms with Crippen molar-refractivity contribution in [3.05, 3.63) is 56.9 Å². The number of cyclic esters (lactones) is 1. The quantitative estimate of drug-likeness (QED) is 0.389. The highest BCUT2D eigenvalue weighted by Crippen LogP contribution is 2.41. The van der Waals surface area contributed by atoms with Crippen molar-refractivity contribution in [1.82, 2.24) is 14.5 Å². The van der Waals surface area contributed by atoms with Gasteiger partial charge in [0.05, 0.1) is 29.0 Å². The zero-order valence-electron chi connectivity index (χ0n) is 23.5. The molecule has 8 heteroatoms. The Bertz CT molecular complexity index is 1570. The molecule has 210 valence electrons. The molecule has 4 aliphatic rings. The summed E-state index contributed by atoms with van der Waals surface area (Å²) < 4.78 is 6.96. The SMILES string of the molecule is CCc1c2c(nc3ccc(N4CCC(N5CCCCC5)CC4)cc13)-c1cc3c(c(=O)n1C2)COC(=O)[C@]3(O)CC.